The number of hydrogen-bond donors (Lipinski definition) is 1. The van der Waals surface area contributed by atoms with E-state index in [1.165, 1.54) is 38.3 Å². The van der Waals surface area contributed by atoms with E-state index in [0.29, 0.717) is 5.56 Å². The van der Waals surface area contributed by atoms with Crippen LogP contribution in [0.5, 0.6) is 5.75 Å². The van der Waals surface area contributed by atoms with Crippen molar-refractivity contribution < 1.29 is 44.6 Å². The zero-order valence-electron chi connectivity index (χ0n) is 15.3. The number of ether oxygens (including phenoxy) is 3. The summed E-state index contributed by atoms with van der Waals surface area (Å²) in [6.45, 7) is -0.145. The number of hydrogen-bond acceptors (Lipinski definition) is 5. The Kier molecular flexibility index (Phi) is 9.05. The summed E-state index contributed by atoms with van der Waals surface area (Å²) in [5.74, 6) is -5.45. The summed E-state index contributed by atoms with van der Waals surface area (Å²) in [4.78, 5) is 0. The first kappa shape index (κ1) is 24.5. The van der Waals surface area contributed by atoms with Crippen LogP contribution in [0.15, 0.2) is 24.3 Å². The highest BCUT2D eigenvalue weighted by Crippen LogP contribution is 2.35. The molecule has 0 aliphatic carbocycles. The summed E-state index contributed by atoms with van der Waals surface area (Å²) in [5, 5.41) is 0. The quantitative estimate of drug-likeness (QED) is 0.310. The number of methoxy groups -OCH3 is 1. The smallest absolute Gasteiger partial charge is 0.456 e. The lowest BCUT2D eigenvalue weighted by Crippen LogP contribution is -2.41. The molecule has 1 rings (SSSR count). The number of nitrogens with one attached hydrogen (secondary N) is 1. The van der Waals surface area contributed by atoms with Gasteiger partial charge in [0.05, 0.1) is 12.4 Å². The maximum Gasteiger partial charge on any atom is 0.456 e. The lowest BCUT2D eigenvalue weighted by molar-refractivity contribution is -0.290. The molecule has 0 aliphatic heterocycles. The van der Waals surface area contributed by atoms with Crippen molar-refractivity contribution >= 4 is 10.0 Å². The predicted octanol–water partition coefficient (Wildman–Crippen LogP) is 3.25. The van der Waals surface area contributed by atoms with Gasteiger partial charge in [-0.05, 0) is 31.0 Å². The average molecular weight is 435 g/mol. The normalized spacial score (nSPS) is 14.1. The van der Waals surface area contributed by atoms with Crippen LogP contribution >= 0.6 is 0 Å². The molecule has 0 aromatic heterocycles. The fraction of sp³-hybridized carbons (Fsp3) is 0.625. The van der Waals surface area contributed by atoms with Crippen LogP contribution in [-0.2, 0) is 19.5 Å². The standard InChI is InChI=1S/C16H22F5NO5S/c1-12(22-28(23,24)8-4-7-26-11-25-2)13-5-3-6-14(9-13)27-10-15(17,18)16(19,20)21/h3,5-6,9,12,22H,4,7-8,10-11H2,1-2H3/t12-/m1/s1. The van der Waals surface area contributed by atoms with E-state index < -0.39 is 34.8 Å². The molecular weight excluding hydrogens is 413 g/mol. The Morgan fingerprint density at radius 1 is 1.18 bits per heavy atom. The Balaban J connectivity index is 2.65. The van der Waals surface area contributed by atoms with Crippen LogP contribution in [0.3, 0.4) is 0 Å². The average Bonchev–Trinajstić information content (AvgIpc) is 2.58. The van der Waals surface area contributed by atoms with Crippen molar-refractivity contribution in [3.05, 3.63) is 29.8 Å². The zero-order chi connectivity index (χ0) is 21.4. The monoisotopic (exact) mass is 435 g/mol. The van der Waals surface area contributed by atoms with Gasteiger partial charge in [-0.1, -0.05) is 12.1 Å². The Morgan fingerprint density at radius 2 is 1.86 bits per heavy atom. The van der Waals surface area contributed by atoms with Gasteiger partial charge in [0, 0.05) is 13.2 Å². The van der Waals surface area contributed by atoms with E-state index in [1.54, 1.807) is 0 Å². The number of sulfonamides is 1. The van der Waals surface area contributed by atoms with Gasteiger partial charge in [0.1, 0.15) is 12.5 Å². The lowest BCUT2D eigenvalue weighted by Gasteiger charge is -2.20. The van der Waals surface area contributed by atoms with Gasteiger partial charge in [-0.2, -0.15) is 22.0 Å². The molecule has 12 heteroatoms. The molecule has 0 spiro atoms. The van der Waals surface area contributed by atoms with Crippen LogP contribution in [0.2, 0.25) is 0 Å². The van der Waals surface area contributed by atoms with E-state index in [2.05, 4.69) is 14.2 Å². The van der Waals surface area contributed by atoms with E-state index >= 15 is 0 Å². The number of benzene rings is 1. The molecule has 0 heterocycles. The van der Waals surface area contributed by atoms with Gasteiger partial charge in [-0.15, -0.1) is 0 Å². The second-order valence-corrected chi connectivity index (χ2v) is 7.76. The van der Waals surface area contributed by atoms with Gasteiger partial charge < -0.3 is 14.2 Å². The van der Waals surface area contributed by atoms with Gasteiger partial charge in [0.15, 0.2) is 6.61 Å². The first-order chi connectivity index (χ1) is 12.9. The van der Waals surface area contributed by atoms with E-state index in [4.69, 9.17) is 4.74 Å². The summed E-state index contributed by atoms with van der Waals surface area (Å²) in [6, 6.07) is 4.49. The first-order valence-electron chi connectivity index (χ1n) is 8.12. The molecule has 28 heavy (non-hydrogen) atoms. The van der Waals surface area contributed by atoms with Crippen molar-refractivity contribution in [2.45, 2.75) is 31.5 Å². The van der Waals surface area contributed by atoms with E-state index in [0.717, 1.165) is 0 Å². The number of halogens is 5. The van der Waals surface area contributed by atoms with Crippen LogP contribution < -0.4 is 9.46 Å². The fourth-order valence-corrected chi connectivity index (χ4v) is 3.31. The third-order valence-corrected chi connectivity index (χ3v) is 4.99. The molecule has 0 fully saturated rings. The van der Waals surface area contributed by atoms with Crippen LogP contribution in [0.1, 0.15) is 24.9 Å². The summed E-state index contributed by atoms with van der Waals surface area (Å²) >= 11 is 0. The minimum atomic E-state index is -5.72. The molecule has 0 unspecified atom stereocenters. The second kappa shape index (κ2) is 10.3. The summed E-state index contributed by atoms with van der Waals surface area (Å²) < 4.78 is 103. The molecular formula is C16H22F5NO5S. The molecule has 1 N–H and O–H groups in total. The van der Waals surface area contributed by atoms with Crippen LogP contribution in [0, 0.1) is 0 Å². The maximum atomic E-state index is 12.9. The van der Waals surface area contributed by atoms with E-state index in [-0.39, 0.29) is 31.3 Å². The zero-order valence-corrected chi connectivity index (χ0v) is 16.1. The SMILES string of the molecule is COCOCCCS(=O)(=O)N[C@H](C)c1cccc(OCC(F)(F)C(F)(F)F)c1. The van der Waals surface area contributed by atoms with E-state index in [9.17, 15) is 30.4 Å². The Morgan fingerprint density at radius 3 is 2.46 bits per heavy atom. The topological polar surface area (TPSA) is 73.9 Å². The Bertz CT molecular complexity index is 712. The third kappa shape index (κ3) is 8.25. The van der Waals surface area contributed by atoms with Crippen molar-refractivity contribution in [1.29, 1.82) is 0 Å². The highest BCUT2D eigenvalue weighted by Gasteiger charge is 2.58. The molecule has 0 saturated heterocycles. The molecule has 0 radical (unpaired) electrons. The molecule has 0 bridgehead atoms. The maximum absolute atomic E-state index is 12.9. The van der Waals surface area contributed by atoms with Crippen LogP contribution in [0.25, 0.3) is 0 Å². The van der Waals surface area contributed by atoms with Crippen molar-refractivity contribution in [2.24, 2.45) is 0 Å². The first-order valence-corrected chi connectivity index (χ1v) is 9.77. The second-order valence-electron chi connectivity index (χ2n) is 5.89. The van der Waals surface area contributed by atoms with Gasteiger partial charge in [0.25, 0.3) is 0 Å². The summed E-state index contributed by atoms with van der Waals surface area (Å²) in [7, 11) is -2.23. The number of rotatable bonds is 12. The third-order valence-electron chi connectivity index (χ3n) is 3.45. The molecule has 0 aliphatic rings. The van der Waals surface area contributed by atoms with E-state index in [1.807, 2.05) is 0 Å². The molecule has 1 aromatic rings. The minimum absolute atomic E-state index is 0.0457. The van der Waals surface area contributed by atoms with Gasteiger partial charge >= 0.3 is 12.1 Å². The Hall–Kier alpha value is -1.50. The predicted molar refractivity (Wildman–Crippen MR) is 90.7 cm³/mol. The molecule has 1 atom stereocenters. The van der Waals surface area contributed by atoms with Crippen molar-refractivity contribution in [3.8, 4) is 5.75 Å². The number of alkyl halides is 5. The molecule has 6 nitrogen and oxygen atoms in total. The lowest BCUT2D eigenvalue weighted by atomic mass is 10.1. The molecule has 0 amide bonds. The highest BCUT2D eigenvalue weighted by atomic mass is 32.2. The van der Waals surface area contributed by atoms with Gasteiger partial charge in [-0.3, -0.25) is 0 Å². The van der Waals surface area contributed by atoms with Crippen LogP contribution in [-0.4, -0.2) is 53.4 Å². The fourth-order valence-electron chi connectivity index (χ4n) is 2.02. The minimum Gasteiger partial charge on any atom is -0.487 e. The summed E-state index contributed by atoms with van der Waals surface area (Å²) in [6.07, 6.45) is -5.50. The molecule has 1 aromatic carbocycles. The summed E-state index contributed by atoms with van der Waals surface area (Å²) in [5.41, 5.74) is 0.340. The largest absolute Gasteiger partial charge is 0.487 e. The van der Waals surface area contributed by atoms with Crippen molar-refractivity contribution in [2.75, 3.05) is 32.9 Å². The van der Waals surface area contributed by atoms with Gasteiger partial charge in [-0.25, -0.2) is 13.1 Å². The Labute approximate surface area is 160 Å². The van der Waals surface area contributed by atoms with Crippen molar-refractivity contribution in [1.82, 2.24) is 4.72 Å². The van der Waals surface area contributed by atoms with Crippen molar-refractivity contribution in [3.63, 3.8) is 0 Å². The molecule has 0 saturated carbocycles. The van der Waals surface area contributed by atoms with Gasteiger partial charge in [0.2, 0.25) is 10.0 Å². The molecule has 162 valence electrons. The van der Waals surface area contributed by atoms with Crippen LogP contribution in [0.4, 0.5) is 22.0 Å². The highest BCUT2D eigenvalue weighted by molar-refractivity contribution is 7.89.